The molecule has 2 N–H and O–H groups in total. The number of urea groups is 1. The number of benzene rings is 1. The lowest BCUT2D eigenvalue weighted by atomic mass is 10.2. The molecule has 1 rings (SSSR count). The molecule has 2 amide bonds. The number of halogens is 3. The number of anilines is 1. The maximum atomic E-state index is 12.3. The minimum absolute atomic E-state index is 0.209. The van der Waals surface area contributed by atoms with Gasteiger partial charge in [-0.3, -0.25) is 0 Å². The Hall–Kier alpha value is -2.16. The van der Waals surface area contributed by atoms with E-state index < -0.39 is 17.8 Å². The predicted molar refractivity (Wildman–Crippen MR) is 66.5 cm³/mol. The molecule has 0 saturated carbocycles. The van der Waals surface area contributed by atoms with E-state index in [1.165, 1.54) is 12.1 Å². The van der Waals surface area contributed by atoms with Crippen LogP contribution in [0, 0.1) is 12.3 Å². The van der Waals surface area contributed by atoms with Crippen LogP contribution in [-0.2, 0) is 6.18 Å². The standard InChI is InChI=1S/C13H13F3N2O/c1-3-4-9(2)17-12(19)18-11-7-5-10(6-8-11)13(14,15)16/h1,5-9H,4H2,2H3,(H2,17,18,19). The molecule has 0 spiro atoms. The fraction of sp³-hybridized carbons (Fsp3) is 0.308. The first-order chi connectivity index (χ1) is 8.82. The van der Waals surface area contributed by atoms with Crippen LogP contribution >= 0.6 is 0 Å². The van der Waals surface area contributed by atoms with E-state index in [0.29, 0.717) is 6.42 Å². The van der Waals surface area contributed by atoms with E-state index in [1.54, 1.807) is 6.92 Å². The van der Waals surface area contributed by atoms with Crippen molar-refractivity contribution >= 4 is 11.7 Å². The van der Waals surface area contributed by atoms with Crippen molar-refractivity contribution in [1.82, 2.24) is 5.32 Å². The van der Waals surface area contributed by atoms with Crippen molar-refractivity contribution in [2.75, 3.05) is 5.32 Å². The van der Waals surface area contributed by atoms with Crippen molar-refractivity contribution in [1.29, 1.82) is 0 Å². The van der Waals surface area contributed by atoms with Gasteiger partial charge in [0.05, 0.1) is 5.56 Å². The molecule has 0 aliphatic heterocycles. The second kappa shape index (κ2) is 6.14. The highest BCUT2D eigenvalue weighted by molar-refractivity contribution is 5.89. The van der Waals surface area contributed by atoms with Gasteiger partial charge in [0.1, 0.15) is 0 Å². The van der Waals surface area contributed by atoms with Crippen molar-refractivity contribution < 1.29 is 18.0 Å². The smallest absolute Gasteiger partial charge is 0.334 e. The highest BCUT2D eigenvalue weighted by Crippen LogP contribution is 2.29. The summed E-state index contributed by atoms with van der Waals surface area (Å²) in [6, 6.07) is 3.46. The van der Waals surface area contributed by atoms with E-state index in [9.17, 15) is 18.0 Å². The third kappa shape index (κ3) is 4.92. The second-order valence-electron chi connectivity index (χ2n) is 3.98. The third-order valence-electron chi connectivity index (χ3n) is 2.27. The monoisotopic (exact) mass is 270 g/mol. The summed E-state index contributed by atoms with van der Waals surface area (Å²) in [5.41, 5.74) is -0.488. The van der Waals surface area contributed by atoms with E-state index >= 15 is 0 Å². The number of carbonyl (C=O) groups excluding carboxylic acids is 1. The van der Waals surface area contributed by atoms with Crippen LogP contribution in [0.2, 0.25) is 0 Å². The maximum Gasteiger partial charge on any atom is 0.416 e. The van der Waals surface area contributed by atoms with Gasteiger partial charge in [-0.05, 0) is 31.2 Å². The number of hydrogen-bond acceptors (Lipinski definition) is 1. The quantitative estimate of drug-likeness (QED) is 0.813. The molecule has 1 unspecified atom stereocenters. The SMILES string of the molecule is C#CCC(C)NC(=O)Nc1ccc(C(F)(F)F)cc1. The Balaban J connectivity index is 2.59. The van der Waals surface area contributed by atoms with Crippen LogP contribution in [0.4, 0.5) is 23.7 Å². The van der Waals surface area contributed by atoms with Crippen LogP contribution in [0.3, 0.4) is 0 Å². The lowest BCUT2D eigenvalue weighted by Gasteiger charge is -2.12. The van der Waals surface area contributed by atoms with Crippen molar-refractivity contribution in [3.05, 3.63) is 29.8 Å². The van der Waals surface area contributed by atoms with Gasteiger partial charge in [0.2, 0.25) is 0 Å². The number of terminal acetylenes is 1. The number of carbonyl (C=O) groups is 1. The van der Waals surface area contributed by atoms with E-state index in [1.807, 2.05) is 0 Å². The molecule has 6 heteroatoms. The summed E-state index contributed by atoms with van der Waals surface area (Å²) in [4.78, 5) is 11.5. The molecule has 1 aromatic rings. The Bertz CT molecular complexity index is 474. The normalized spacial score (nSPS) is 12.4. The molecule has 0 saturated heterocycles. The van der Waals surface area contributed by atoms with E-state index in [2.05, 4.69) is 16.6 Å². The summed E-state index contributed by atoms with van der Waals surface area (Å²) in [7, 11) is 0. The highest BCUT2D eigenvalue weighted by Gasteiger charge is 2.29. The summed E-state index contributed by atoms with van der Waals surface area (Å²) in [5, 5.41) is 4.98. The van der Waals surface area contributed by atoms with Gasteiger partial charge >= 0.3 is 12.2 Å². The minimum atomic E-state index is -4.39. The lowest BCUT2D eigenvalue weighted by Crippen LogP contribution is -2.35. The van der Waals surface area contributed by atoms with Gasteiger partial charge in [-0.25, -0.2) is 4.79 Å². The zero-order valence-corrected chi connectivity index (χ0v) is 10.2. The fourth-order valence-corrected chi connectivity index (χ4v) is 1.36. The molecule has 3 nitrogen and oxygen atoms in total. The van der Waals surface area contributed by atoms with Crippen molar-refractivity contribution in [3.8, 4) is 12.3 Å². The number of amides is 2. The molecule has 0 aliphatic carbocycles. The van der Waals surface area contributed by atoms with E-state index in [4.69, 9.17) is 6.42 Å². The van der Waals surface area contributed by atoms with Crippen LogP contribution in [0.1, 0.15) is 18.9 Å². The van der Waals surface area contributed by atoms with Crippen LogP contribution in [0.25, 0.3) is 0 Å². The zero-order valence-electron chi connectivity index (χ0n) is 10.2. The van der Waals surface area contributed by atoms with Crippen molar-refractivity contribution in [2.24, 2.45) is 0 Å². The highest BCUT2D eigenvalue weighted by atomic mass is 19.4. The zero-order chi connectivity index (χ0) is 14.5. The lowest BCUT2D eigenvalue weighted by molar-refractivity contribution is -0.137. The Labute approximate surface area is 109 Å². The number of hydrogen-bond donors (Lipinski definition) is 2. The molecular formula is C13H13F3N2O. The van der Waals surface area contributed by atoms with Gasteiger partial charge in [-0.1, -0.05) is 0 Å². The van der Waals surface area contributed by atoms with Crippen LogP contribution < -0.4 is 10.6 Å². The van der Waals surface area contributed by atoms with Gasteiger partial charge in [0.25, 0.3) is 0 Å². The summed E-state index contributed by atoms with van der Waals surface area (Å²) in [6.45, 7) is 1.73. The van der Waals surface area contributed by atoms with Crippen LogP contribution in [-0.4, -0.2) is 12.1 Å². The Morgan fingerprint density at radius 2 is 1.95 bits per heavy atom. The molecular weight excluding hydrogens is 257 g/mol. The van der Waals surface area contributed by atoms with Crippen LogP contribution in [0.15, 0.2) is 24.3 Å². The predicted octanol–water partition coefficient (Wildman–Crippen LogP) is 3.24. The molecule has 1 aromatic carbocycles. The Kier molecular flexibility index (Phi) is 4.81. The van der Waals surface area contributed by atoms with Crippen molar-refractivity contribution in [2.45, 2.75) is 25.6 Å². The number of alkyl halides is 3. The molecule has 102 valence electrons. The summed E-state index contributed by atoms with van der Waals surface area (Å²) in [5.74, 6) is 2.39. The van der Waals surface area contributed by atoms with E-state index in [0.717, 1.165) is 12.1 Å². The van der Waals surface area contributed by atoms with Crippen molar-refractivity contribution in [3.63, 3.8) is 0 Å². The molecule has 0 aliphatic rings. The molecule has 0 aromatic heterocycles. The average molecular weight is 270 g/mol. The first-order valence-electron chi connectivity index (χ1n) is 5.51. The van der Waals surface area contributed by atoms with Gasteiger partial charge in [-0.15, -0.1) is 12.3 Å². The Morgan fingerprint density at radius 1 is 1.37 bits per heavy atom. The third-order valence-corrected chi connectivity index (χ3v) is 2.27. The number of rotatable bonds is 3. The largest absolute Gasteiger partial charge is 0.416 e. The molecule has 0 fully saturated rings. The maximum absolute atomic E-state index is 12.3. The van der Waals surface area contributed by atoms with Gasteiger partial charge in [0, 0.05) is 18.2 Å². The summed E-state index contributed by atoms with van der Waals surface area (Å²) >= 11 is 0. The average Bonchev–Trinajstić information content (AvgIpc) is 2.28. The minimum Gasteiger partial charge on any atom is -0.334 e. The van der Waals surface area contributed by atoms with E-state index in [-0.39, 0.29) is 11.7 Å². The first-order valence-corrected chi connectivity index (χ1v) is 5.51. The molecule has 1 atom stereocenters. The fourth-order valence-electron chi connectivity index (χ4n) is 1.36. The molecule has 0 radical (unpaired) electrons. The summed E-state index contributed by atoms with van der Waals surface area (Å²) < 4.78 is 37.0. The first kappa shape index (κ1) is 14.9. The van der Waals surface area contributed by atoms with Gasteiger partial charge in [-0.2, -0.15) is 13.2 Å². The second-order valence-corrected chi connectivity index (χ2v) is 3.98. The molecule has 19 heavy (non-hydrogen) atoms. The van der Waals surface area contributed by atoms with Gasteiger partial charge < -0.3 is 10.6 Å². The van der Waals surface area contributed by atoms with Gasteiger partial charge in [0.15, 0.2) is 0 Å². The molecule has 0 heterocycles. The Morgan fingerprint density at radius 3 is 2.42 bits per heavy atom. The molecule has 0 bridgehead atoms. The number of nitrogens with one attached hydrogen (secondary N) is 2. The topological polar surface area (TPSA) is 41.1 Å². The van der Waals surface area contributed by atoms with Crippen LogP contribution in [0.5, 0.6) is 0 Å². The summed E-state index contributed by atoms with van der Waals surface area (Å²) in [6.07, 6.45) is 1.08.